The van der Waals surface area contributed by atoms with E-state index in [1.54, 1.807) is 35.6 Å². The van der Waals surface area contributed by atoms with E-state index in [9.17, 15) is 23.1 Å². The average Bonchev–Trinajstić information content (AvgIpc) is 3.02. The third-order valence-electron chi connectivity index (χ3n) is 7.74. The second-order valence-corrected chi connectivity index (χ2v) is 11.1. The summed E-state index contributed by atoms with van der Waals surface area (Å²) < 4.78 is 41.4. The van der Waals surface area contributed by atoms with Crippen LogP contribution >= 0.6 is 0 Å². The van der Waals surface area contributed by atoms with Crippen molar-refractivity contribution in [1.82, 2.24) is 19.9 Å². The molecule has 3 aromatic heterocycles. The number of fused-ring (bicyclic) bond motifs is 1. The first-order valence-electron chi connectivity index (χ1n) is 14.4. The number of hydrogen-bond acceptors (Lipinski definition) is 8. The standard InChI is InChI=1S/C33H30F3N7O2/c1-19-3-5-24(40-31(45)21-11-23(33(34,35)36)14-26(12-21)43-9-7-27(44)8-10-43)15-28(19)29-13-22-16-39-32(42-30(22)18-38-29)41-25-6-4-20(2)37-17-25/h3-6,11-18,27,44H,7-10H2,1-2H3,(H,40,45)(H,39,41,42). The largest absolute Gasteiger partial charge is 0.416 e. The summed E-state index contributed by atoms with van der Waals surface area (Å²) in [6.45, 7) is 4.61. The molecule has 1 aliphatic heterocycles. The number of rotatable bonds is 6. The van der Waals surface area contributed by atoms with Crippen LogP contribution < -0.4 is 15.5 Å². The van der Waals surface area contributed by atoms with Gasteiger partial charge in [0.25, 0.3) is 5.91 Å². The number of hydrogen-bond donors (Lipinski definition) is 3. The molecule has 0 unspecified atom stereocenters. The van der Waals surface area contributed by atoms with Crippen molar-refractivity contribution < 1.29 is 23.1 Å². The number of piperidine rings is 1. The molecule has 1 saturated heterocycles. The van der Waals surface area contributed by atoms with Crippen molar-refractivity contribution in [1.29, 1.82) is 0 Å². The number of pyridine rings is 2. The molecule has 0 saturated carbocycles. The Hall–Kier alpha value is -5.10. The number of aryl methyl sites for hydroxylation is 2. The molecule has 4 heterocycles. The summed E-state index contributed by atoms with van der Waals surface area (Å²) in [5, 5.41) is 16.5. The Bertz CT molecular complexity index is 1870. The fraction of sp³-hybridized carbons (Fsp3) is 0.242. The molecule has 1 fully saturated rings. The first kappa shape index (κ1) is 29.9. The maximum absolute atomic E-state index is 13.8. The van der Waals surface area contributed by atoms with Crippen molar-refractivity contribution in [2.24, 2.45) is 0 Å². The number of aliphatic hydroxyl groups excluding tert-OH is 1. The fourth-order valence-electron chi connectivity index (χ4n) is 5.20. The predicted molar refractivity (Wildman–Crippen MR) is 167 cm³/mol. The first-order valence-corrected chi connectivity index (χ1v) is 14.4. The van der Waals surface area contributed by atoms with Crippen molar-refractivity contribution in [3.05, 3.63) is 95.6 Å². The van der Waals surface area contributed by atoms with Gasteiger partial charge in [0.15, 0.2) is 0 Å². The van der Waals surface area contributed by atoms with Crippen LogP contribution in [-0.4, -0.2) is 50.1 Å². The zero-order chi connectivity index (χ0) is 31.7. The number of aromatic nitrogens is 4. The van der Waals surface area contributed by atoms with Crippen molar-refractivity contribution in [2.75, 3.05) is 28.6 Å². The highest BCUT2D eigenvalue weighted by Gasteiger charge is 2.33. The molecule has 5 aromatic rings. The van der Waals surface area contributed by atoms with Crippen molar-refractivity contribution in [3.8, 4) is 11.3 Å². The quantitative estimate of drug-likeness (QED) is 0.194. The van der Waals surface area contributed by atoms with E-state index in [0.29, 0.717) is 54.5 Å². The predicted octanol–water partition coefficient (Wildman–Crippen LogP) is 6.68. The molecule has 3 N–H and O–H groups in total. The molecule has 9 nitrogen and oxygen atoms in total. The van der Waals surface area contributed by atoms with Crippen LogP contribution in [0.15, 0.2) is 73.2 Å². The number of carbonyl (C=O) groups is 1. The van der Waals surface area contributed by atoms with Gasteiger partial charge in [-0.1, -0.05) is 6.07 Å². The Balaban J connectivity index is 1.24. The second-order valence-electron chi connectivity index (χ2n) is 11.1. The van der Waals surface area contributed by atoms with Crippen LogP contribution in [0, 0.1) is 13.8 Å². The molecule has 1 aliphatic rings. The molecule has 12 heteroatoms. The monoisotopic (exact) mass is 613 g/mol. The molecule has 0 bridgehead atoms. The van der Waals surface area contributed by atoms with Crippen LogP contribution in [0.1, 0.15) is 40.0 Å². The Morgan fingerprint density at radius 3 is 2.42 bits per heavy atom. The van der Waals surface area contributed by atoms with Crippen molar-refractivity contribution >= 4 is 39.8 Å². The maximum atomic E-state index is 13.8. The third-order valence-corrected chi connectivity index (χ3v) is 7.74. The number of nitrogens with one attached hydrogen (secondary N) is 2. The zero-order valence-electron chi connectivity index (χ0n) is 24.6. The van der Waals surface area contributed by atoms with E-state index in [4.69, 9.17) is 0 Å². The van der Waals surface area contributed by atoms with Gasteiger partial charge in [0.1, 0.15) is 0 Å². The number of aliphatic hydroxyl groups is 1. The van der Waals surface area contributed by atoms with Gasteiger partial charge < -0.3 is 20.6 Å². The van der Waals surface area contributed by atoms with Crippen LogP contribution in [0.5, 0.6) is 0 Å². The van der Waals surface area contributed by atoms with Crippen LogP contribution in [-0.2, 0) is 6.18 Å². The number of alkyl halides is 3. The van der Waals surface area contributed by atoms with Gasteiger partial charge in [0.2, 0.25) is 5.95 Å². The molecule has 0 spiro atoms. The lowest BCUT2D eigenvalue weighted by Crippen LogP contribution is -2.36. The summed E-state index contributed by atoms with van der Waals surface area (Å²) in [7, 11) is 0. The van der Waals surface area contributed by atoms with Gasteiger partial charge in [0, 0.05) is 52.9 Å². The van der Waals surface area contributed by atoms with E-state index in [1.807, 2.05) is 38.1 Å². The number of halogens is 3. The molecule has 2 aromatic carbocycles. The number of anilines is 4. The Kier molecular flexibility index (Phi) is 8.07. The summed E-state index contributed by atoms with van der Waals surface area (Å²) in [6, 6.07) is 14.2. The van der Waals surface area contributed by atoms with Gasteiger partial charge in [-0.25, -0.2) is 9.97 Å². The van der Waals surface area contributed by atoms with Crippen molar-refractivity contribution in [3.63, 3.8) is 0 Å². The summed E-state index contributed by atoms with van der Waals surface area (Å²) in [5.74, 6) is -0.267. The highest BCUT2D eigenvalue weighted by atomic mass is 19.4. The van der Waals surface area contributed by atoms with E-state index < -0.39 is 23.8 Å². The minimum Gasteiger partial charge on any atom is -0.393 e. The molecular weight excluding hydrogens is 583 g/mol. The lowest BCUT2D eigenvalue weighted by molar-refractivity contribution is -0.137. The summed E-state index contributed by atoms with van der Waals surface area (Å²) in [5.41, 5.74) is 4.21. The number of amides is 1. The van der Waals surface area contributed by atoms with E-state index in [0.717, 1.165) is 40.0 Å². The Labute approximate surface area is 257 Å². The lowest BCUT2D eigenvalue weighted by Gasteiger charge is -2.32. The summed E-state index contributed by atoms with van der Waals surface area (Å²) >= 11 is 0. The van der Waals surface area contributed by atoms with Crippen LogP contribution in [0.4, 0.5) is 36.2 Å². The van der Waals surface area contributed by atoms with Crippen molar-refractivity contribution in [2.45, 2.75) is 39.0 Å². The molecular formula is C33H30F3N7O2. The van der Waals surface area contributed by atoms with E-state index in [2.05, 4.69) is 30.6 Å². The summed E-state index contributed by atoms with van der Waals surface area (Å²) in [6.07, 6.45) is 0.811. The molecule has 1 amide bonds. The zero-order valence-corrected chi connectivity index (χ0v) is 24.6. The van der Waals surface area contributed by atoms with Crippen LogP contribution in [0.3, 0.4) is 0 Å². The van der Waals surface area contributed by atoms with E-state index in [-0.39, 0.29) is 5.56 Å². The van der Waals surface area contributed by atoms with Gasteiger partial charge in [0.05, 0.1) is 41.0 Å². The topological polar surface area (TPSA) is 116 Å². The first-order chi connectivity index (χ1) is 21.5. The van der Waals surface area contributed by atoms with Crippen LogP contribution in [0.2, 0.25) is 0 Å². The molecule has 0 atom stereocenters. The van der Waals surface area contributed by atoms with Crippen LogP contribution in [0.25, 0.3) is 22.2 Å². The maximum Gasteiger partial charge on any atom is 0.416 e. The Morgan fingerprint density at radius 2 is 1.69 bits per heavy atom. The molecule has 0 radical (unpaired) electrons. The normalized spacial score (nSPS) is 14.0. The lowest BCUT2D eigenvalue weighted by atomic mass is 10.0. The number of carbonyl (C=O) groups excluding carboxylic acids is 1. The average molecular weight is 614 g/mol. The smallest absolute Gasteiger partial charge is 0.393 e. The second kappa shape index (κ2) is 12.1. The van der Waals surface area contributed by atoms with E-state index in [1.165, 1.54) is 6.07 Å². The third kappa shape index (κ3) is 6.86. The fourth-order valence-corrected chi connectivity index (χ4v) is 5.20. The molecule has 230 valence electrons. The molecule has 45 heavy (non-hydrogen) atoms. The molecule has 6 rings (SSSR count). The highest BCUT2D eigenvalue weighted by molar-refractivity contribution is 6.05. The van der Waals surface area contributed by atoms with Gasteiger partial charge in [-0.2, -0.15) is 13.2 Å². The minimum absolute atomic E-state index is 0.111. The van der Waals surface area contributed by atoms with Gasteiger partial charge in [-0.3, -0.25) is 14.8 Å². The van der Waals surface area contributed by atoms with Gasteiger partial charge in [-0.05, 0) is 80.8 Å². The molecule has 0 aliphatic carbocycles. The Morgan fingerprint density at radius 1 is 0.911 bits per heavy atom. The van der Waals surface area contributed by atoms with Gasteiger partial charge >= 0.3 is 6.18 Å². The minimum atomic E-state index is -4.63. The number of nitrogens with zero attached hydrogens (tertiary/aromatic N) is 5. The highest BCUT2D eigenvalue weighted by Crippen LogP contribution is 2.34. The summed E-state index contributed by atoms with van der Waals surface area (Å²) in [4.78, 5) is 32.9. The van der Waals surface area contributed by atoms with Gasteiger partial charge in [-0.15, -0.1) is 0 Å². The SMILES string of the molecule is Cc1ccc(Nc2ncc3cc(-c4cc(NC(=O)c5cc(N6CCC(O)CC6)cc(C(F)(F)F)c5)ccc4C)ncc3n2)cn1. The van der Waals surface area contributed by atoms with E-state index >= 15 is 0 Å². The number of benzene rings is 2.